The third-order valence-corrected chi connectivity index (χ3v) is 4.02. The van der Waals surface area contributed by atoms with Crippen LogP contribution >= 0.6 is 11.3 Å². The highest BCUT2D eigenvalue weighted by molar-refractivity contribution is 7.09. The number of aryl methyl sites for hydroxylation is 1. The van der Waals surface area contributed by atoms with Gasteiger partial charge in [-0.15, -0.1) is 11.3 Å². The Labute approximate surface area is 112 Å². The van der Waals surface area contributed by atoms with E-state index in [9.17, 15) is 4.79 Å². The Morgan fingerprint density at radius 1 is 1.56 bits per heavy atom. The van der Waals surface area contributed by atoms with Crippen LogP contribution < -0.4 is 0 Å². The Morgan fingerprint density at radius 3 is 2.83 bits per heavy atom. The number of hydrogen-bond donors (Lipinski definition) is 0. The van der Waals surface area contributed by atoms with E-state index in [4.69, 9.17) is 4.74 Å². The number of carbonyl (C=O) groups excluding carboxylic acids is 1. The molecule has 1 atom stereocenters. The molecule has 1 aromatic heterocycles. The number of carbonyl (C=O) groups is 1. The van der Waals surface area contributed by atoms with Crippen molar-refractivity contribution in [2.75, 3.05) is 19.7 Å². The second kappa shape index (κ2) is 6.29. The van der Waals surface area contributed by atoms with Gasteiger partial charge in [0.1, 0.15) is 0 Å². The first-order valence-electron chi connectivity index (χ1n) is 6.52. The fourth-order valence-electron chi connectivity index (χ4n) is 2.38. The first kappa shape index (κ1) is 13.5. The number of esters is 1. The molecule has 1 aliphatic heterocycles. The van der Waals surface area contributed by atoms with Crippen LogP contribution in [0.15, 0.2) is 5.38 Å². The molecule has 2 heterocycles. The molecule has 0 saturated carbocycles. The molecule has 18 heavy (non-hydrogen) atoms. The van der Waals surface area contributed by atoms with Crippen LogP contribution in [0.25, 0.3) is 0 Å². The van der Waals surface area contributed by atoms with Crippen LogP contribution in [0.3, 0.4) is 0 Å². The SMILES string of the molecule is CCOC(=O)CC(c1csc(C)n1)N1CCCC1. The Bertz CT molecular complexity index is 399. The number of ether oxygens (including phenoxy) is 1. The Kier molecular flexibility index (Phi) is 4.72. The molecular weight excluding hydrogens is 248 g/mol. The van der Waals surface area contributed by atoms with Crippen molar-refractivity contribution >= 4 is 17.3 Å². The van der Waals surface area contributed by atoms with Crippen LogP contribution in [-0.4, -0.2) is 35.5 Å². The molecule has 1 aromatic rings. The maximum Gasteiger partial charge on any atom is 0.307 e. The van der Waals surface area contributed by atoms with Gasteiger partial charge in [0, 0.05) is 5.38 Å². The van der Waals surface area contributed by atoms with Gasteiger partial charge in [0.25, 0.3) is 0 Å². The molecule has 0 spiro atoms. The quantitative estimate of drug-likeness (QED) is 0.770. The van der Waals surface area contributed by atoms with Crippen LogP contribution in [0.1, 0.15) is 42.9 Å². The second-order valence-corrected chi connectivity index (χ2v) is 5.62. The predicted octanol–water partition coefficient (Wildman–Crippen LogP) is 2.54. The molecule has 0 amide bonds. The summed E-state index contributed by atoms with van der Waals surface area (Å²) in [5.41, 5.74) is 1.02. The fourth-order valence-corrected chi connectivity index (χ4v) is 3.04. The van der Waals surface area contributed by atoms with Crippen LogP contribution in [0.5, 0.6) is 0 Å². The van der Waals surface area contributed by atoms with Gasteiger partial charge in [-0.2, -0.15) is 0 Å². The zero-order valence-electron chi connectivity index (χ0n) is 11.0. The first-order chi connectivity index (χ1) is 8.70. The number of aromatic nitrogens is 1. The van der Waals surface area contributed by atoms with Gasteiger partial charge in [-0.05, 0) is 39.8 Å². The van der Waals surface area contributed by atoms with Crippen molar-refractivity contribution in [2.24, 2.45) is 0 Å². The number of likely N-dealkylation sites (tertiary alicyclic amines) is 1. The smallest absolute Gasteiger partial charge is 0.307 e. The highest BCUT2D eigenvalue weighted by Gasteiger charge is 2.27. The lowest BCUT2D eigenvalue weighted by Crippen LogP contribution is -2.28. The Balaban J connectivity index is 2.09. The minimum Gasteiger partial charge on any atom is -0.466 e. The zero-order valence-corrected chi connectivity index (χ0v) is 11.8. The van der Waals surface area contributed by atoms with E-state index in [0.717, 1.165) is 23.8 Å². The van der Waals surface area contributed by atoms with Crippen LogP contribution in [0, 0.1) is 6.92 Å². The van der Waals surface area contributed by atoms with Crippen molar-refractivity contribution in [1.82, 2.24) is 9.88 Å². The van der Waals surface area contributed by atoms with Gasteiger partial charge in [-0.25, -0.2) is 4.98 Å². The van der Waals surface area contributed by atoms with Gasteiger partial charge >= 0.3 is 5.97 Å². The second-order valence-electron chi connectivity index (χ2n) is 4.56. The predicted molar refractivity (Wildman–Crippen MR) is 71.6 cm³/mol. The van der Waals surface area contributed by atoms with E-state index in [1.807, 2.05) is 13.8 Å². The van der Waals surface area contributed by atoms with Crippen molar-refractivity contribution in [3.05, 3.63) is 16.1 Å². The number of thiazole rings is 1. The van der Waals surface area contributed by atoms with Crippen molar-refractivity contribution < 1.29 is 9.53 Å². The van der Waals surface area contributed by atoms with Crippen LogP contribution in [-0.2, 0) is 9.53 Å². The summed E-state index contributed by atoms with van der Waals surface area (Å²) in [6.07, 6.45) is 2.84. The summed E-state index contributed by atoms with van der Waals surface area (Å²) in [6, 6.07) is 0.0940. The average Bonchev–Trinajstić information content (AvgIpc) is 2.97. The van der Waals surface area contributed by atoms with Gasteiger partial charge in [0.05, 0.1) is 29.8 Å². The van der Waals surface area contributed by atoms with E-state index in [1.54, 1.807) is 11.3 Å². The van der Waals surface area contributed by atoms with Crippen molar-refractivity contribution in [2.45, 2.75) is 39.2 Å². The molecule has 2 rings (SSSR count). The van der Waals surface area contributed by atoms with Crippen LogP contribution in [0.2, 0.25) is 0 Å². The van der Waals surface area contributed by atoms with Gasteiger partial charge in [-0.3, -0.25) is 9.69 Å². The lowest BCUT2D eigenvalue weighted by Gasteiger charge is -2.25. The molecule has 1 fully saturated rings. The van der Waals surface area contributed by atoms with Crippen molar-refractivity contribution in [1.29, 1.82) is 0 Å². The van der Waals surface area contributed by atoms with E-state index in [2.05, 4.69) is 15.3 Å². The third-order valence-electron chi connectivity index (χ3n) is 3.22. The summed E-state index contributed by atoms with van der Waals surface area (Å²) >= 11 is 1.64. The molecule has 1 saturated heterocycles. The Hall–Kier alpha value is -0.940. The molecule has 0 radical (unpaired) electrons. The van der Waals surface area contributed by atoms with E-state index >= 15 is 0 Å². The Morgan fingerprint density at radius 2 is 2.28 bits per heavy atom. The zero-order chi connectivity index (χ0) is 13.0. The highest BCUT2D eigenvalue weighted by Crippen LogP contribution is 2.29. The minimum absolute atomic E-state index is 0.0940. The topological polar surface area (TPSA) is 42.4 Å². The molecule has 0 bridgehead atoms. The number of hydrogen-bond acceptors (Lipinski definition) is 5. The van der Waals surface area contributed by atoms with Gasteiger partial charge in [-0.1, -0.05) is 0 Å². The van der Waals surface area contributed by atoms with E-state index in [1.165, 1.54) is 12.8 Å². The molecule has 0 aromatic carbocycles. The summed E-state index contributed by atoms with van der Waals surface area (Å²) in [4.78, 5) is 18.6. The van der Waals surface area contributed by atoms with Gasteiger partial charge in [0.2, 0.25) is 0 Å². The molecule has 0 N–H and O–H groups in total. The van der Waals surface area contributed by atoms with E-state index in [-0.39, 0.29) is 12.0 Å². The van der Waals surface area contributed by atoms with Gasteiger partial charge < -0.3 is 4.74 Å². The molecule has 1 unspecified atom stereocenters. The number of rotatable bonds is 5. The lowest BCUT2D eigenvalue weighted by atomic mass is 10.1. The monoisotopic (exact) mass is 268 g/mol. The van der Waals surface area contributed by atoms with E-state index < -0.39 is 0 Å². The third kappa shape index (κ3) is 3.29. The summed E-state index contributed by atoms with van der Waals surface area (Å²) < 4.78 is 5.07. The number of nitrogens with zero attached hydrogens (tertiary/aromatic N) is 2. The molecule has 4 nitrogen and oxygen atoms in total. The average molecular weight is 268 g/mol. The largest absolute Gasteiger partial charge is 0.466 e. The molecular formula is C13H20N2O2S. The summed E-state index contributed by atoms with van der Waals surface area (Å²) in [7, 11) is 0. The summed E-state index contributed by atoms with van der Waals surface area (Å²) in [6.45, 7) is 6.40. The highest BCUT2D eigenvalue weighted by atomic mass is 32.1. The van der Waals surface area contributed by atoms with Crippen molar-refractivity contribution in [3.8, 4) is 0 Å². The molecule has 100 valence electrons. The van der Waals surface area contributed by atoms with Crippen LogP contribution in [0.4, 0.5) is 0 Å². The fraction of sp³-hybridized carbons (Fsp3) is 0.692. The maximum absolute atomic E-state index is 11.7. The molecule has 0 aliphatic carbocycles. The molecule has 5 heteroatoms. The summed E-state index contributed by atoms with van der Waals surface area (Å²) in [5.74, 6) is -0.125. The lowest BCUT2D eigenvalue weighted by molar-refractivity contribution is -0.144. The maximum atomic E-state index is 11.7. The normalized spacial score (nSPS) is 17.9. The van der Waals surface area contributed by atoms with E-state index in [0.29, 0.717) is 13.0 Å². The van der Waals surface area contributed by atoms with Crippen molar-refractivity contribution in [3.63, 3.8) is 0 Å². The molecule has 1 aliphatic rings. The standard InChI is InChI=1S/C13H20N2O2S/c1-3-17-13(16)8-12(15-6-4-5-7-15)11-9-18-10(2)14-11/h9,12H,3-8H2,1-2H3. The van der Waals surface area contributed by atoms with Gasteiger partial charge in [0.15, 0.2) is 0 Å². The summed E-state index contributed by atoms with van der Waals surface area (Å²) in [5, 5.41) is 3.12. The first-order valence-corrected chi connectivity index (χ1v) is 7.40. The minimum atomic E-state index is -0.125.